The average Bonchev–Trinajstić information content (AvgIpc) is 2.54. The fraction of sp³-hybridized carbons (Fsp3) is 0.444. The van der Waals surface area contributed by atoms with E-state index in [0.29, 0.717) is 0 Å². The van der Waals surface area contributed by atoms with Crippen LogP contribution in [0, 0.1) is 0 Å². The van der Waals surface area contributed by atoms with Gasteiger partial charge in [0.05, 0.1) is 32.6 Å². The quantitative estimate of drug-likeness (QED) is 0.462. The van der Waals surface area contributed by atoms with Gasteiger partial charge < -0.3 is 0 Å². The second-order valence-corrected chi connectivity index (χ2v) is 7.51. The summed E-state index contributed by atoms with van der Waals surface area (Å²) in [7, 11) is 0. The second-order valence-electron chi connectivity index (χ2n) is 6.70. The summed E-state index contributed by atoms with van der Waals surface area (Å²) in [4.78, 5) is 7.62. The Kier molecular flexibility index (Phi) is 6.55. The van der Waals surface area contributed by atoms with Crippen LogP contribution >= 0.6 is 23.2 Å². The van der Waals surface area contributed by atoms with Crippen molar-refractivity contribution in [2.24, 2.45) is 0 Å². The van der Waals surface area contributed by atoms with Crippen molar-refractivity contribution in [1.82, 2.24) is 9.97 Å². The normalized spacial score (nSPS) is 13.9. The molecule has 2 nitrogen and oxygen atoms in total. The van der Waals surface area contributed by atoms with Crippen LogP contribution in [0.5, 0.6) is 0 Å². The number of rotatable bonds is 4. The van der Waals surface area contributed by atoms with Gasteiger partial charge in [-0.2, -0.15) is 26.3 Å². The summed E-state index contributed by atoms with van der Waals surface area (Å²) in [6.07, 6.45) is -7.41. The first-order valence-corrected chi connectivity index (χ1v) is 8.96. The molecule has 0 bridgehead atoms. The molecule has 0 spiro atoms. The van der Waals surface area contributed by atoms with Gasteiger partial charge in [0.25, 0.3) is 0 Å². The number of pyridine rings is 2. The monoisotopic (exact) mass is 444 g/mol. The van der Waals surface area contributed by atoms with Crippen LogP contribution in [0.1, 0.15) is 60.7 Å². The Hall–Kier alpha value is -1.54. The molecule has 2 heterocycles. The molecule has 0 saturated carbocycles. The molecule has 0 aromatic carbocycles. The molecule has 0 radical (unpaired) electrons. The second kappa shape index (κ2) is 8.06. The Bertz CT molecular complexity index is 862. The van der Waals surface area contributed by atoms with Gasteiger partial charge in [0.2, 0.25) is 0 Å². The SMILES string of the molecule is CC(C)c1ncc(CC(C)c2ncc(Cl)cc2C(F)(F)F)c(Cl)c1C(F)(F)F. The molecule has 2 rings (SSSR count). The highest BCUT2D eigenvalue weighted by molar-refractivity contribution is 6.32. The zero-order chi connectivity index (χ0) is 21.4. The van der Waals surface area contributed by atoms with Crippen molar-refractivity contribution in [3.63, 3.8) is 0 Å². The molecule has 1 unspecified atom stereocenters. The van der Waals surface area contributed by atoms with E-state index in [2.05, 4.69) is 9.97 Å². The fourth-order valence-corrected chi connectivity index (χ4v) is 3.38. The number of hydrogen-bond acceptors (Lipinski definition) is 2. The van der Waals surface area contributed by atoms with E-state index in [9.17, 15) is 26.3 Å². The lowest BCUT2D eigenvalue weighted by molar-refractivity contribution is -0.139. The molecule has 28 heavy (non-hydrogen) atoms. The molecular formula is C18H16Cl2F6N2. The van der Waals surface area contributed by atoms with Gasteiger partial charge in [0.1, 0.15) is 0 Å². The van der Waals surface area contributed by atoms with Crippen LogP contribution in [0.4, 0.5) is 26.3 Å². The maximum Gasteiger partial charge on any atom is 0.419 e. The van der Waals surface area contributed by atoms with Gasteiger partial charge in [-0.3, -0.25) is 9.97 Å². The van der Waals surface area contributed by atoms with Gasteiger partial charge in [-0.05, 0) is 24.0 Å². The standard InChI is InChI=1S/C18H16Cl2F6N2/c1-8(2)15-13(18(24,25)26)14(20)10(6-27-15)4-9(3)16-12(17(21,22)23)5-11(19)7-28-16/h5-9H,4H2,1-3H3. The van der Waals surface area contributed by atoms with Crippen LogP contribution < -0.4 is 0 Å². The molecule has 1 atom stereocenters. The summed E-state index contributed by atoms with van der Waals surface area (Å²) in [6, 6.07) is 0.739. The summed E-state index contributed by atoms with van der Waals surface area (Å²) in [5.74, 6) is -1.41. The maximum absolute atomic E-state index is 13.5. The van der Waals surface area contributed by atoms with Crippen LogP contribution in [0.15, 0.2) is 18.5 Å². The van der Waals surface area contributed by atoms with Gasteiger partial charge in [0, 0.05) is 18.3 Å². The Labute approximate surface area is 167 Å². The van der Waals surface area contributed by atoms with Crippen LogP contribution in [0.3, 0.4) is 0 Å². The molecule has 2 aromatic heterocycles. The van der Waals surface area contributed by atoms with E-state index in [4.69, 9.17) is 23.2 Å². The average molecular weight is 445 g/mol. The van der Waals surface area contributed by atoms with Crippen molar-refractivity contribution in [2.75, 3.05) is 0 Å². The van der Waals surface area contributed by atoms with Crippen molar-refractivity contribution in [3.05, 3.63) is 56.6 Å². The summed E-state index contributed by atoms with van der Waals surface area (Å²) in [6.45, 7) is 4.51. The third-order valence-corrected chi connectivity index (χ3v) is 4.77. The van der Waals surface area contributed by atoms with E-state index in [1.807, 2.05) is 0 Å². The highest BCUT2D eigenvalue weighted by Gasteiger charge is 2.39. The number of halogens is 8. The number of nitrogens with zero attached hydrogens (tertiary/aromatic N) is 2. The minimum Gasteiger partial charge on any atom is -0.260 e. The summed E-state index contributed by atoms with van der Waals surface area (Å²) < 4.78 is 80.3. The minimum absolute atomic E-state index is 0.00392. The summed E-state index contributed by atoms with van der Waals surface area (Å²) >= 11 is 11.6. The Morgan fingerprint density at radius 2 is 1.46 bits per heavy atom. The van der Waals surface area contributed by atoms with E-state index in [0.717, 1.165) is 12.3 Å². The first-order chi connectivity index (χ1) is 12.7. The molecule has 154 valence electrons. The number of alkyl halides is 6. The smallest absolute Gasteiger partial charge is 0.260 e. The van der Waals surface area contributed by atoms with Crippen LogP contribution in [0.2, 0.25) is 10.0 Å². The zero-order valence-electron chi connectivity index (χ0n) is 15.0. The zero-order valence-corrected chi connectivity index (χ0v) is 16.5. The highest BCUT2D eigenvalue weighted by atomic mass is 35.5. The van der Waals surface area contributed by atoms with E-state index >= 15 is 0 Å². The van der Waals surface area contributed by atoms with E-state index in [1.54, 1.807) is 13.8 Å². The Balaban J connectivity index is 2.50. The van der Waals surface area contributed by atoms with Crippen LogP contribution in [-0.4, -0.2) is 9.97 Å². The van der Waals surface area contributed by atoms with Crippen molar-refractivity contribution in [3.8, 4) is 0 Å². The van der Waals surface area contributed by atoms with Gasteiger partial charge in [-0.15, -0.1) is 0 Å². The molecule has 0 aliphatic rings. The van der Waals surface area contributed by atoms with Gasteiger partial charge in [-0.25, -0.2) is 0 Å². The van der Waals surface area contributed by atoms with Crippen molar-refractivity contribution >= 4 is 23.2 Å². The predicted octanol–water partition coefficient (Wildman–Crippen LogP) is 7.29. The van der Waals surface area contributed by atoms with E-state index in [-0.39, 0.29) is 28.4 Å². The third-order valence-electron chi connectivity index (χ3n) is 4.13. The lowest BCUT2D eigenvalue weighted by Crippen LogP contribution is -2.16. The van der Waals surface area contributed by atoms with E-state index < -0.39 is 40.3 Å². The van der Waals surface area contributed by atoms with Gasteiger partial charge in [0.15, 0.2) is 0 Å². The summed E-state index contributed by atoms with van der Waals surface area (Å²) in [5.41, 5.74) is -2.64. The molecular weight excluding hydrogens is 429 g/mol. The molecule has 0 aliphatic heterocycles. The first kappa shape index (κ1) is 22.7. The van der Waals surface area contributed by atoms with Crippen LogP contribution in [-0.2, 0) is 18.8 Å². The highest BCUT2D eigenvalue weighted by Crippen LogP contribution is 2.42. The lowest BCUT2D eigenvalue weighted by atomic mass is 9.93. The van der Waals surface area contributed by atoms with Crippen LogP contribution in [0.25, 0.3) is 0 Å². The topological polar surface area (TPSA) is 25.8 Å². The van der Waals surface area contributed by atoms with Gasteiger partial charge in [-0.1, -0.05) is 44.0 Å². The van der Waals surface area contributed by atoms with E-state index in [1.165, 1.54) is 13.1 Å². The van der Waals surface area contributed by atoms with Crippen molar-refractivity contribution in [1.29, 1.82) is 0 Å². The number of hydrogen-bond donors (Lipinski definition) is 0. The molecule has 0 aliphatic carbocycles. The Morgan fingerprint density at radius 1 is 0.893 bits per heavy atom. The lowest BCUT2D eigenvalue weighted by Gasteiger charge is -2.21. The maximum atomic E-state index is 13.5. The number of aromatic nitrogens is 2. The summed E-state index contributed by atoms with van der Waals surface area (Å²) in [5, 5.41) is -0.746. The fourth-order valence-electron chi connectivity index (χ4n) is 2.89. The molecule has 0 amide bonds. The molecule has 0 N–H and O–H groups in total. The molecule has 2 aromatic rings. The van der Waals surface area contributed by atoms with Crippen molar-refractivity contribution < 1.29 is 26.3 Å². The molecule has 0 saturated heterocycles. The predicted molar refractivity (Wildman–Crippen MR) is 94.7 cm³/mol. The largest absolute Gasteiger partial charge is 0.419 e. The molecule has 0 fully saturated rings. The van der Waals surface area contributed by atoms with Gasteiger partial charge >= 0.3 is 12.4 Å². The first-order valence-electron chi connectivity index (χ1n) is 8.20. The third kappa shape index (κ3) is 4.89. The van der Waals surface area contributed by atoms with Crippen molar-refractivity contribution in [2.45, 2.75) is 51.4 Å². The minimum atomic E-state index is -4.74. The Morgan fingerprint density at radius 3 is 1.96 bits per heavy atom. The molecule has 10 heteroatoms.